The smallest absolute Gasteiger partial charge is 0.249 e. The maximum atomic E-state index is 14.0. The molecule has 36 heavy (non-hydrogen) atoms. The zero-order valence-corrected chi connectivity index (χ0v) is 21.2. The van der Waals surface area contributed by atoms with Gasteiger partial charge in [-0.15, -0.1) is 5.10 Å². The maximum absolute atomic E-state index is 14.0. The molecule has 0 aliphatic rings. The van der Waals surface area contributed by atoms with Gasteiger partial charge in [0.05, 0.1) is 5.52 Å². The number of hydrogen-bond donors (Lipinski definition) is 1. The lowest BCUT2D eigenvalue weighted by Gasteiger charge is -2.32. The molecular weight excluding hydrogens is 452 g/mol. The van der Waals surface area contributed by atoms with E-state index in [1.165, 1.54) is 0 Å². The van der Waals surface area contributed by atoms with Gasteiger partial charge in [-0.25, -0.2) is 4.68 Å². The minimum atomic E-state index is -0.871. The van der Waals surface area contributed by atoms with Crippen molar-refractivity contribution in [2.45, 2.75) is 46.7 Å². The highest BCUT2D eigenvalue weighted by Crippen LogP contribution is 2.31. The summed E-state index contributed by atoms with van der Waals surface area (Å²) in [6, 6.07) is 16.1. The van der Waals surface area contributed by atoms with Crippen LogP contribution in [0.15, 0.2) is 67.0 Å². The minimum Gasteiger partial charge on any atom is -0.354 e. The van der Waals surface area contributed by atoms with Crippen molar-refractivity contribution in [1.82, 2.24) is 25.3 Å². The number of rotatable bonds is 9. The molecule has 2 aromatic carbocycles. The number of benzene rings is 2. The summed E-state index contributed by atoms with van der Waals surface area (Å²) >= 11 is 0. The number of aromatic nitrogens is 4. The van der Waals surface area contributed by atoms with E-state index < -0.39 is 6.04 Å². The minimum absolute atomic E-state index is 0.0608. The van der Waals surface area contributed by atoms with Gasteiger partial charge >= 0.3 is 0 Å². The Morgan fingerprint density at radius 2 is 1.78 bits per heavy atom. The van der Waals surface area contributed by atoms with E-state index in [9.17, 15) is 9.59 Å². The van der Waals surface area contributed by atoms with Gasteiger partial charge in [-0.3, -0.25) is 19.5 Å². The van der Waals surface area contributed by atoms with Gasteiger partial charge in [-0.2, -0.15) is 0 Å². The van der Waals surface area contributed by atoms with Crippen LogP contribution < -0.4 is 10.2 Å². The molecule has 0 saturated carbocycles. The highest BCUT2D eigenvalue weighted by Gasteiger charge is 2.34. The Balaban J connectivity index is 1.78. The van der Waals surface area contributed by atoms with E-state index in [1.54, 1.807) is 34.1 Å². The first-order chi connectivity index (χ1) is 17.3. The third-order valence-electron chi connectivity index (χ3n) is 6.14. The second kappa shape index (κ2) is 11.1. The number of carbonyl (C=O) groups excluding carboxylic acids is 2. The molecule has 0 aliphatic carbocycles. The van der Waals surface area contributed by atoms with E-state index in [-0.39, 0.29) is 18.4 Å². The Kier molecular flexibility index (Phi) is 7.73. The zero-order chi connectivity index (χ0) is 25.7. The first-order valence-corrected chi connectivity index (χ1v) is 12.2. The predicted octanol–water partition coefficient (Wildman–Crippen LogP) is 4.38. The summed E-state index contributed by atoms with van der Waals surface area (Å²) in [4.78, 5) is 33.4. The number of para-hydroxylation sites is 1. The number of nitrogens with one attached hydrogen (secondary N) is 1. The van der Waals surface area contributed by atoms with Crippen LogP contribution in [-0.4, -0.2) is 38.3 Å². The second-order valence-electron chi connectivity index (χ2n) is 9.45. The van der Waals surface area contributed by atoms with E-state index >= 15 is 0 Å². The van der Waals surface area contributed by atoms with E-state index in [4.69, 9.17) is 0 Å². The summed E-state index contributed by atoms with van der Waals surface area (Å²) in [6.07, 6.45) is 4.12. The van der Waals surface area contributed by atoms with Crippen LogP contribution in [0.3, 0.4) is 0 Å². The third-order valence-corrected chi connectivity index (χ3v) is 6.14. The Bertz CT molecular complexity index is 1350. The predicted molar refractivity (Wildman–Crippen MR) is 140 cm³/mol. The van der Waals surface area contributed by atoms with Crippen molar-refractivity contribution in [3.05, 3.63) is 83.7 Å². The Morgan fingerprint density at radius 3 is 2.50 bits per heavy atom. The average Bonchev–Trinajstić information content (AvgIpc) is 3.26. The quantitative estimate of drug-likeness (QED) is 0.381. The highest BCUT2D eigenvalue weighted by molar-refractivity contribution is 6.02. The molecule has 0 unspecified atom stereocenters. The number of aryl methyl sites for hydroxylation is 2. The second-order valence-corrected chi connectivity index (χ2v) is 9.45. The number of pyridine rings is 1. The van der Waals surface area contributed by atoms with Crippen LogP contribution in [0.5, 0.6) is 0 Å². The van der Waals surface area contributed by atoms with E-state index in [2.05, 4.69) is 34.5 Å². The highest BCUT2D eigenvalue weighted by atomic mass is 16.2. The van der Waals surface area contributed by atoms with Gasteiger partial charge in [0.1, 0.15) is 18.1 Å². The number of hydrogen-bond acceptors (Lipinski definition) is 5. The summed E-state index contributed by atoms with van der Waals surface area (Å²) in [5.74, 6) is -0.0561. The fraction of sp³-hybridized carbons (Fsp3) is 0.321. The Morgan fingerprint density at radius 1 is 1.03 bits per heavy atom. The van der Waals surface area contributed by atoms with Crippen molar-refractivity contribution in [2.75, 3.05) is 11.4 Å². The largest absolute Gasteiger partial charge is 0.354 e. The third kappa shape index (κ3) is 5.59. The number of carbonyl (C=O) groups is 2. The van der Waals surface area contributed by atoms with Gasteiger partial charge in [-0.05, 0) is 67.6 Å². The number of anilines is 1. The van der Waals surface area contributed by atoms with Gasteiger partial charge < -0.3 is 5.32 Å². The number of amides is 2. The lowest BCUT2D eigenvalue weighted by Crippen LogP contribution is -2.46. The Hall–Kier alpha value is -4.07. The van der Waals surface area contributed by atoms with Crippen LogP contribution in [0.2, 0.25) is 0 Å². The van der Waals surface area contributed by atoms with E-state index in [0.29, 0.717) is 29.2 Å². The van der Waals surface area contributed by atoms with Gasteiger partial charge in [0.25, 0.3) is 0 Å². The first kappa shape index (κ1) is 25.0. The SMILES string of the molecule is Cc1ccc(N(C(=O)Cn2nnc3ccccc32)[C@@H](C(=O)NCCC(C)C)c2ccncc2)c(C)c1. The fourth-order valence-corrected chi connectivity index (χ4v) is 4.28. The molecule has 8 heteroatoms. The topological polar surface area (TPSA) is 93.0 Å². The van der Waals surface area contributed by atoms with Crippen molar-refractivity contribution < 1.29 is 9.59 Å². The van der Waals surface area contributed by atoms with Gasteiger partial charge in [0.15, 0.2) is 0 Å². The van der Waals surface area contributed by atoms with Crippen LogP contribution >= 0.6 is 0 Å². The molecule has 8 nitrogen and oxygen atoms in total. The van der Waals surface area contributed by atoms with Crippen molar-refractivity contribution in [3.63, 3.8) is 0 Å². The number of nitrogens with zero attached hydrogens (tertiary/aromatic N) is 5. The maximum Gasteiger partial charge on any atom is 0.249 e. The molecule has 0 aliphatic heterocycles. The molecular formula is C28H32N6O2. The van der Waals surface area contributed by atoms with E-state index in [1.807, 2.05) is 56.3 Å². The Labute approximate surface area is 211 Å². The zero-order valence-electron chi connectivity index (χ0n) is 21.2. The summed E-state index contributed by atoms with van der Waals surface area (Å²) in [5.41, 5.74) is 4.81. The van der Waals surface area contributed by atoms with E-state index in [0.717, 1.165) is 23.1 Å². The molecule has 4 aromatic rings. The average molecular weight is 485 g/mol. The standard InChI is InChI=1S/C28H32N6O2/c1-19(2)11-16-30-28(36)27(22-12-14-29-15-13-22)34(24-10-9-20(3)17-21(24)4)26(35)18-33-25-8-6-5-7-23(25)31-32-33/h5-10,12-15,17,19,27H,11,16,18H2,1-4H3,(H,30,36)/t27-/m1/s1. The van der Waals surface area contributed by atoms with Crippen LogP contribution in [0.1, 0.15) is 43.0 Å². The normalized spacial score (nSPS) is 12.0. The van der Waals surface area contributed by atoms with Gasteiger partial charge in [0, 0.05) is 24.6 Å². The molecule has 0 bridgehead atoms. The van der Waals surface area contributed by atoms with Crippen LogP contribution in [0.4, 0.5) is 5.69 Å². The summed E-state index contributed by atoms with van der Waals surface area (Å²) in [6.45, 7) is 8.65. The van der Waals surface area contributed by atoms with Crippen molar-refractivity contribution >= 4 is 28.5 Å². The van der Waals surface area contributed by atoms with Crippen LogP contribution in [0, 0.1) is 19.8 Å². The van der Waals surface area contributed by atoms with Crippen LogP contribution in [0.25, 0.3) is 11.0 Å². The molecule has 2 heterocycles. The molecule has 0 radical (unpaired) electrons. The van der Waals surface area contributed by atoms with Gasteiger partial charge in [-0.1, -0.05) is 48.9 Å². The molecule has 4 rings (SSSR count). The van der Waals surface area contributed by atoms with Crippen molar-refractivity contribution in [3.8, 4) is 0 Å². The van der Waals surface area contributed by atoms with Crippen LogP contribution in [-0.2, 0) is 16.1 Å². The monoisotopic (exact) mass is 484 g/mol. The molecule has 0 fully saturated rings. The van der Waals surface area contributed by atoms with Crippen molar-refractivity contribution in [2.24, 2.45) is 5.92 Å². The molecule has 1 atom stereocenters. The molecule has 0 spiro atoms. The fourth-order valence-electron chi connectivity index (χ4n) is 4.28. The van der Waals surface area contributed by atoms with Crippen molar-refractivity contribution in [1.29, 1.82) is 0 Å². The lowest BCUT2D eigenvalue weighted by molar-refractivity contribution is -0.127. The molecule has 1 N–H and O–H groups in total. The summed E-state index contributed by atoms with van der Waals surface area (Å²) < 4.78 is 1.58. The molecule has 2 amide bonds. The molecule has 0 saturated heterocycles. The first-order valence-electron chi connectivity index (χ1n) is 12.2. The number of fused-ring (bicyclic) bond motifs is 1. The van der Waals surface area contributed by atoms with Gasteiger partial charge in [0.2, 0.25) is 11.8 Å². The lowest BCUT2D eigenvalue weighted by atomic mass is 10.0. The summed E-state index contributed by atoms with van der Waals surface area (Å²) in [5, 5.41) is 11.4. The summed E-state index contributed by atoms with van der Waals surface area (Å²) in [7, 11) is 0. The molecule has 2 aromatic heterocycles. The molecule has 186 valence electrons.